The Bertz CT molecular complexity index is 427. The van der Waals surface area contributed by atoms with Crippen molar-refractivity contribution in [3.63, 3.8) is 0 Å². The number of rotatable bonds is 3. The number of hydrogen-bond donors (Lipinski definition) is 1. The van der Waals surface area contributed by atoms with Crippen molar-refractivity contribution in [3.05, 3.63) is 34.9 Å². The van der Waals surface area contributed by atoms with Gasteiger partial charge in [0.2, 0.25) is 0 Å². The van der Waals surface area contributed by atoms with Crippen LogP contribution in [0.2, 0.25) is 5.02 Å². The summed E-state index contributed by atoms with van der Waals surface area (Å²) < 4.78 is 0. The first-order valence-corrected chi connectivity index (χ1v) is 8.31. The van der Waals surface area contributed by atoms with E-state index in [2.05, 4.69) is 4.90 Å². The molecule has 110 valence electrons. The zero-order valence-corrected chi connectivity index (χ0v) is 12.7. The molecule has 1 saturated heterocycles. The van der Waals surface area contributed by atoms with Crippen LogP contribution in [-0.4, -0.2) is 29.1 Å². The maximum absolute atomic E-state index is 10.8. The number of hydrogen-bond acceptors (Lipinski definition) is 2. The van der Waals surface area contributed by atoms with Crippen LogP contribution in [0.1, 0.15) is 50.2 Å². The van der Waals surface area contributed by atoms with Crippen LogP contribution in [0.25, 0.3) is 0 Å². The molecular formula is C17H24ClNO. The molecule has 2 nitrogen and oxygen atoms in total. The average Bonchev–Trinajstić information content (AvgIpc) is 3.01. The first-order chi connectivity index (χ1) is 9.75. The van der Waals surface area contributed by atoms with Gasteiger partial charge in [-0.1, -0.05) is 36.6 Å². The van der Waals surface area contributed by atoms with Crippen molar-refractivity contribution < 1.29 is 5.11 Å². The van der Waals surface area contributed by atoms with Crippen molar-refractivity contribution in [3.8, 4) is 0 Å². The molecular weight excluding hydrogens is 270 g/mol. The summed E-state index contributed by atoms with van der Waals surface area (Å²) in [6.07, 6.45) is 7.24. The Hall–Kier alpha value is -0.570. The highest BCUT2D eigenvalue weighted by atomic mass is 35.5. The van der Waals surface area contributed by atoms with Gasteiger partial charge in [0.05, 0.1) is 6.10 Å². The third-order valence-electron chi connectivity index (χ3n) is 5.01. The molecule has 1 N–H and O–H groups in total. The van der Waals surface area contributed by atoms with E-state index in [1.54, 1.807) is 0 Å². The molecule has 3 heteroatoms. The fourth-order valence-corrected chi connectivity index (χ4v) is 4.07. The lowest BCUT2D eigenvalue weighted by Crippen LogP contribution is -2.43. The zero-order valence-electron chi connectivity index (χ0n) is 12.0. The van der Waals surface area contributed by atoms with Crippen LogP contribution in [-0.2, 0) is 0 Å². The molecule has 0 radical (unpaired) electrons. The van der Waals surface area contributed by atoms with E-state index < -0.39 is 0 Å². The number of nitrogens with zero attached hydrogens (tertiary/aromatic N) is 1. The highest BCUT2D eigenvalue weighted by Gasteiger charge is 2.36. The molecule has 1 saturated carbocycles. The molecule has 1 aromatic rings. The van der Waals surface area contributed by atoms with Crippen LogP contribution in [0.3, 0.4) is 0 Å². The molecule has 0 bridgehead atoms. The monoisotopic (exact) mass is 293 g/mol. The fraction of sp³-hybridized carbons (Fsp3) is 0.647. The molecule has 1 aliphatic carbocycles. The Morgan fingerprint density at radius 2 is 1.65 bits per heavy atom. The second-order valence-electron chi connectivity index (χ2n) is 6.26. The lowest BCUT2D eigenvalue weighted by Gasteiger charge is -2.40. The van der Waals surface area contributed by atoms with E-state index in [0.717, 1.165) is 17.0 Å². The van der Waals surface area contributed by atoms with Gasteiger partial charge < -0.3 is 10.0 Å². The molecule has 1 aromatic carbocycles. The minimum atomic E-state index is -0.349. The van der Waals surface area contributed by atoms with Gasteiger partial charge in [0.15, 0.2) is 0 Å². The van der Waals surface area contributed by atoms with Gasteiger partial charge in [0.1, 0.15) is 0 Å². The van der Waals surface area contributed by atoms with Gasteiger partial charge >= 0.3 is 0 Å². The summed E-state index contributed by atoms with van der Waals surface area (Å²) in [7, 11) is 0. The fourth-order valence-electron chi connectivity index (χ4n) is 3.94. The van der Waals surface area contributed by atoms with E-state index in [1.807, 2.05) is 24.3 Å². The number of halogens is 1. The molecule has 0 spiro atoms. The summed E-state index contributed by atoms with van der Waals surface area (Å²) in [5.41, 5.74) is 1.02. The maximum Gasteiger partial charge on any atom is 0.0833 e. The summed E-state index contributed by atoms with van der Waals surface area (Å²) in [5.74, 6) is 0.378. The van der Waals surface area contributed by atoms with Gasteiger partial charge in [-0.2, -0.15) is 0 Å². The molecule has 3 atom stereocenters. The molecule has 0 amide bonds. The van der Waals surface area contributed by atoms with Crippen molar-refractivity contribution in [1.29, 1.82) is 0 Å². The number of aliphatic hydroxyl groups excluding tert-OH is 1. The van der Waals surface area contributed by atoms with E-state index in [0.29, 0.717) is 12.0 Å². The van der Waals surface area contributed by atoms with Gasteiger partial charge in [-0.05, 0) is 56.5 Å². The lowest BCUT2D eigenvalue weighted by atomic mass is 9.78. The molecule has 0 aromatic heterocycles. The molecule has 3 rings (SSSR count). The van der Waals surface area contributed by atoms with Crippen molar-refractivity contribution in [2.24, 2.45) is 5.92 Å². The molecule has 20 heavy (non-hydrogen) atoms. The first kappa shape index (κ1) is 14.4. The van der Waals surface area contributed by atoms with E-state index in [-0.39, 0.29) is 6.10 Å². The quantitative estimate of drug-likeness (QED) is 0.909. The summed E-state index contributed by atoms with van der Waals surface area (Å²) in [5, 5.41) is 11.5. The summed E-state index contributed by atoms with van der Waals surface area (Å²) >= 11 is 5.94. The largest absolute Gasteiger partial charge is 0.388 e. The third-order valence-corrected chi connectivity index (χ3v) is 5.26. The Labute approximate surface area is 126 Å². The Morgan fingerprint density at radius 1 is 1.00 bits per heavy atom. The summed E-state index contributed by atoms with van der Waals surface area (Å²) in [6.45, 7) is 2.43. The number of benzene rings is 1. The Morgan fingerprint density at radius 3 is 2.35 bits per heavy atom. The van der Waals surface area contributed by atoms with E-state index >= 15 is 0 Å². The van der Waals surface area contributed by atoms with Gasteiger partial charge in [0.25, 0.3) is 0 Å². The van der Waals surface area contributed by atoms with Crippen LogP contribution in [0.15, 0.2) is 24.3 Å². The zero-order chi connectivity index (χ0) is 13.9. The van der Waals surface area contributed by atoms with Crippen molar-refractivity contribution >= 4 is 11.6 Å². The minimum Gasteiger partial charge on any atom is -0.388 e. The van der Waals surface area contributed by atoms with Crippen LogP contribution < -0.4 is 0 Å². The number of aliphatic hydroxyl groups is 1. The van der Waals surface area contributed by atoms with Crippen molar-refractivity contribution in [1.82, 2.24) is 4.90 Å². The molecule has 2 aliphatic rings. The minimum absolute atomic E-state index is 0.349. The first-order valence-electron chi connectivity index (χ1n) is 7.93. The van der Waals surface area contributed by atoms with Crippen LogP contribution in [0.5, 0.6) is 0 Å². The Kier molecular flexibility index (Phi) is 4.65. The normalized spacial score (nSPS) is 29.5. The highest BCUT2D eigenvalue weighted by molar-refractivity contribution is 6.30. The van der Waals surface area contributed by atoms with Gasteiger partial charge in [-0.15, -0.1) is 0 Å². The summed E-state index contributed by atoms with van der Waals surface area (Å²) in [6, 6.07) is 8.28. The maximum atomic E-state index is 10.8. The predicted molar refractivity (Wildman–Crippen MR) is 83.0 cm³/mol. The summed E-state index contributed by atoms with van der Waals surface area (Å²) in [4.78, 5) is 2.61. The highest BCUT2D eigenvalue weighted by Crippen LogP contribution is 2.38. The Balaban J connectivity index is 1.76. The van der Waals surface area contributed by atoms with Gasteiger partial charge in [0, 0.05) is 17.0 Å². The van der Waals surface area contributed by atoms with Crippen LogP contribution in [0.4, 0.5) is 0 Å². The molecule has 0 unspecified atom stereocenters. The molecule has 1 heterocycles. The predicted octanol–water partition coefficient (Wildman–Crippen LogP) is 4.03. The lowest BCUT2D eigenvalue weighted by molar-refractivity contribution is 0.0195. The van der Waals surface area contributed by atoms with E-state index in [1.165, 1.54) is 45.2 Å². The van der Waals surface area contributed by atoms with E-state index in [4.69, 9.17) is 11.6 Å². The van der Waals surface area contributed by atoms with E-state index in [9.17, 15) is 5.11 Å². The van der Waals surface area contributed by atoms with Crippen molar-refractivity contribution in [2.75, 3.05) is 13.1 Å². The molecule has 2 fully saturated rings. The van der Waals surface area contributed by atoms with Gasteiger partial charge in [-0.3, -0.25) is 0 Å². The molecule has 1 aliphatic heterocycles. The second kappa shape index (κ2) is 6.46. The van der Waals surface area contributed by atoms with Crippen molar-refractivity contribution in [2.45, 2.75) is 50.7 Å². The topological polar surface area (TPSA) is 23.5 Å². The number of likely N-dealkylation sites (tertiary alicyclic amines) is 1. The van der Waals surface area contributed by atoms with Gasteiger partial charge in [-0.25, -0.2) is 0 Å². The van der Waals surface area contributed by atoms with Crippen LogP contribution >= 0.6 is 11.6 Å². The average molecular weight is 294 g/mol. The SMILES string of the molecule is O[C@H](c1ccc(Cl)cc1)[C@@H]1CCCC[C@@H]1N1CCCC1. The standard InChI is InChI=1S/C17H24ClNO/c18-14-9-7-13(8-10-14)17(20)15-5-1-2-6-16(15)19-11-3-4-12-19/h7-10,15-17,20H,1-6,11-12H2/t15-,16+,17-/m1/s1. The smallest absolute Gasteiger partial charge is 0.0833 e. The second-order valence-corrected chi connectivity index (χ2v) is 6.69. The van der Waals surface area contributed by atoms with Crippen LogP contribution in [0, 0.1) is 5.92 Å². The third kappa shape index (κ3) is 3.03.